The maximum absolute atomic E-state index is 12.9. The highest BCUT2D eigenvalue weighted by atomic mass is 19.1. The maximum Gasteiger partial charge on any atom is 0.234 e. The van der Waals surface area contributed by atoms with Crippen molar-refractivity contribution in [1.29, 1.82) is 0 Å². The standard InChI is InChI=1S/C18H28FN3O/c1-14(16-3-5-17(19)6-4-16)21-18(23)13-22-11-8-15(9-12-22)7-10-20-2/h3-6,14-15,20H,7-13H2,1-2H3,(H,21,23). The SMILES string of the molecule is CNCCC1CCN(CC(=O)NC(C)c2ccc(F)cc2)CC1. The van der Waals surface area contributed by atoms with Crippen LogP contribution in [0.2, 0.25) is 0 Å². The number of rotatable bonds is 7. The lowest BCUT2D eigenvalue weighted by Crippen LogP contribution is -2.42. The molecule has 0 radical (unpaired) electrons. The van der Waals surface area contributed by atoms with Crippen molar-refractivity contribution in [2.75, 3.05) is 33.2 Å². The van der Waals surface area contributed by atoms with Crippen molar-refractivity contribution in [3.63, 3.8) is 0 Å². The van der Waals surface area contributed by atoms with E-state index in [-0.39, 0.29) is 17.8 Å². The largest absolute Gasteiger partial charge is 0.348 e. The van der Waals surface area contributed by atoms with E-state index in [0.29, 0.717) is 6.54 Å². The van der Waals surface area contributed by atoms with Crippen LogP contribution in [0, 0.1) is 11.7 Å². The molecular formula is C18H28FN3O. The van der Waals surface area contributed by atoms with Crippen molar-refractivity contribution >= 4 is 5.91 Å². The molecule has 4 nitrogen and oxygen atoms in total. The van der Waals surface area contributed by atoms with Crippen LogP contribution in [0.15, 0.2) is 24.3 Å². The van der Waals surface area contributed by atoms with E-state index in [1.54, 1.807) is 12.1 Å². The smallest absolute Gasteiger partial charge is 0.234 e. The molecule has 5 heteroatoms. The van der Waals surface area contributed by atoms with Crippen LogP contribution < -0.4 is 10.6 Å². The molecule has 23 heavy (non-hydrogen) atoms. The molecule has 1 atom stereocenters. The van der Waals surface area contributed by atoms with Gasteiger partial charge in [0.1, 0.15) is 5.82 Å². The Balaban J connectivity index is 1.72. The highest BCUT2D eigenvalue weighted by Gasteiger charge is 2.21. The van der Waals surface area contributed by atoms with Gasteiger partial charge in [0.2, 0.25) is 5.91 Å². The van der Waals surface area contributed by atoms with Crippen LogP contribution in [-0.2, 0) is 4.79 Å². The Labute approximate surface area is 138 Å². The van der Waals surface area contributed by atoms with Crippen LogP contribution in [0.1, 0.15) is 37.8 Å². The van der Waals surface area contributed by atoms with Crippen molar-refractivity contribution in [3.8, 4) is 0 Å². The summed E-state index contributed by atoms with van der Waals surface area (Å²) >= 11 is 0. The third-order valence-electron chi connectivity index (χ3n) is 4.62. The molecule has 0 spiro atoms. The van der Waals surface area contributed by atoms with Gasteiger partial charge in [-0.15, -0.1) is 0 Å². The number of halogens is 1. The van der Waals surface area contributed by atoms with Gasteiger partial charge in [-0.05, 0) is 76.5 Å². The minimum Gasteiger partial charge on any atom is -0.348 e. The van der Waals surface area contributed by atoms with E-state index in [4.69, 9.17) is 0 Å². The van der Waals surface area contributed by atoms with E-state index in [1.807, 2.05) is 14.0 Å². The molecule has 0 aliphatic carbocycles. The first-order valence-corrected chi connectivity index (χ1v) is 8.50. The van der Waals surface area contributed by atoms with Gasteiger partial charge in [-0.1, -0.05) is 12.1 Å². The van der Waals surface area contributed by atoms with E-state index in [0.717, 1.165) is 31.1 Å². The summed E-state index contributed by atoms with van der Waals surface area (Å²) < 4.78 is 12.9. The zero-order valence-corrected chi connectivity index (χ0v) is 14.1. The third-order valence-corrected chi connectivity index (χ3v) is 4.62. The minimum atomic E-state index is -0.256. The first kappa shape index (κ1) is 17.9. The summed E-state index contributed by atoms with van der Waals surface area (Å²) in [5.74, 6) is 0.559. The molecule has 128 valence electrons. The normalized spacial score (nSPS) is 17.9. The number of benzene rings is 1. The molecule has 1 aliphatic heterocycles. The Morgan fingerprint density at radius 2 is 1.96 bits per heavy atom. The predicted octanol–water partition coefficient (Wildman–Crippen LogP) is 2.32. The van der Waals surface area contributed by atoms with E-state index >= 15 is 0 Å². The number of hydrogen-bond donors (Lipinski definition) is 2. The van der Waals surface area contributed by atoms with Gasteiger partial charge in [0, 0.05) is 0 Å². The van der Waals surface area contributed by atoms with Gasteiger partial charge in [-0.25, -0.2) is 4.39 Å². The second-order valence-corrected chi connectivity index (χ2v) is 6.45. The number of carbonyl (C=O) groups is 1. The molecule has 1 aromatic rings. The average Bonchev–Trinajstić information content (AvgIpc) is 2.54. The number of piperidine rings is 1. The third kappa shape index (κ3) is 5.92. The molecule has 1 amide bonds. The van der Waals surface area contributed by atoms with Gasteiger partial charge in [0.05, 0.1) is 12.6 Å². The summed E-state index contributed by atoms with van der Waals surface area (Å²) in [7, 11) is 1.99. The van der Waals surface area contributed by atoms with Gasteiger partial charge in [-0.3, -0.25) is 9.69 Å². The van der Waals surface area contributed by atoms with Crippen LogP contribution in [0.5, 0.6) is 0 Å². The molecule has 0 aromatic heterocycles. The lowest BCUT2D eigenvalue weighted by atomic mass is 9.93. The predicted molar refractivity (Wildman–Crippen MR) is 90.7 cm³/mol. The van der Waals surface area contributed by atoms with E-state index < -0.39 is 0 Å². The van der Waals surface area contributed by atoms with E-state index in [9.17, 15) is 9.18 Å². The molecule has 1 aliphatic rings. The van der Waals surface area contributed by atoms with E-state index in [2.05, 4.69) is 15.5 Å². The second kappa shape index (κ2) is 8.99. The average molecular weight is 321 g/mol. The molecule has 0 saturated carbocycles. The molecule has 1 unspecified atom stereocenters. The van der Waals surface area contributed by atoms with Crippen LogP contribution >= 0.6 is 0 Å². The number of amides is 1. The molecular weight excluding hydrogens is 293 g/mol. The van der Waals surface area contributed by atoms with Gasteiger partial charge in [0.15, 0.2) is 0 Å². The monoisotopic (exact) mass is 321 g/mol. The topological polar surface area (TPSA) is 44.4 Å². The fraction of sp³-hybridized carbons (Fsp3) is 0.611. The summed E-state index contributed by atoms with van der Waals surface area (Å²) in [5, 5.41) is 6.19. The summed E-state index contributed by atoms with van der Waals surface area (Å²) in [6, 6.07) is 6.18. The summed E-state index contributed by atoms with van der Waals surface area (Å²) in [4.78, 5) is 14.4. The lowest BCUT2D eigenvalue weighted by molar-refractivity contribution is -0.123. The Bertz CT molecular complexity index is 484. The van der Waals surface area contributed by atoms with Crippen LogP contribution in [0.4, 0.5) is 4.39 Å². The highest BCUT2D eigenvalue weighted by Crippen LogP contribution is 2.20. The first-order chi connectivity index (χ1) is 11.1. The van der Waals surface area contributed by atoms with Gasteiger partial charge < -0.3 is 10.6 Å². The van der Waals surface area contributed by atoms with Crippen LogP contribution in [0.3, 0.4) is 0 Å². The van der Waals surface area contributed by atoms with Crippen molar-refractivity contribution in [1.82, 2.24) is 15.5 Å². The Morgan fingerprint density at radius 3 is 2.57 bits per heavy atom. The van der Waals surface area contributed by atoms with Crippen molar-refractivity contribution < 1.29 is 9.18 Å². The fourth-order valence-corrected chi connectivity index (χ4v) is 3.11. The number of nitrogens with one attached hydrogen (secondary N) is 2. The summed E-state index contributed by atoms with van der Waals surface area (Å²) in [5.41, 5.74) is 0.922. The summed E-state index contributed by atoms with van der Waals surface area (Å²) in [6.07, 6.45) is 3.56. The van der Waals surface area contributed by atoms with Gasteiger partial charge in [0.25, 0.3) is 0 Å². The molecule has 0 bridgehead atoms. The van der Waals surface area contributed by atoms with Crippen LogP contribution in [-0.4, -0.2) is 44.0 Å². The quantitative estimate of drug-likeness (QED) is 0.810. The zero-order valence-electron chi connectivity index (χ0n) is 14.1. The van der Waals surface area contributed by atoms with Gasteiger partial charge >= 0.3 is 0 Å². The fourth-order valence-electron chi connectivity index (χ4n) is 3.11. The first-order valence-electron chi connectivity index (χ1n) is 8.50. The molecule has 2 rings (SSSR count). The Hall–Kier alpha value is -1.46. The molecule has 1 saturated heterocycles. The molecule has 2 N–H and O–H groups in total. The van der Waals surface area contributed by atoms with Crippen LogP contribution in [0.25, 0.3) is 0 Å². The summed E-state index contributed by atoms with van der Waals surface area (Å²) in [6.45, 7) is 5.43. The number of nitrogens with zero attached hydrogens (tertiary/aromatic N) is 1. The van der Waals surface area contributed by atoms with E-state index in [1.165, 1.54) is 31.4 Å². The number of likely N-dealkylation sites (tertiary alicyclic amines) is 1. The lowest BCUT2D eigenvalue weighted by Gasteiger charge is -2.31. The maximum atomic E-state index is 12.9. The Morgan fingerprint density at radius 1 is 1.30 bits per heavy atom. The second-order valence-electron chi connectivity index (χ2n) is 6.45. The molecule has 1 aromatic carbocycles. The molecule has 1 fully saturated rings. The van der Waals surface area contributed by atoms with Crippen molar-refractivity contribution in [3.05, 3.63) is 35.6 Å². The van der Waals surface area contributed by atoms with Gasteiger partial charge in [-0.2, -0.15) is 0 Å². The Kier molecular flexibility index (Phi) is 6.99. The number of hydrogen-bond acceptors (Lipinski definition) is 3. The van der Waals surface area contributed by atoms with Crippen molar-refractivity contribution in [2.24, 2.45) is 5.92 Å². The number of carbonyl (C=O) groups excluding carboxylic acids is 1. The minimum absolute atomic E-state index is 0.0375. The van der Waals surface area contributed by atoms with Crippen molar-refractivity contribution in [2.45, 2.75) is 32.2 Å². The zero-order chi connectivity index (χ0) is 16.7. The highest BCUT2D eigenvalue weighted by molar-refractivity contribution is 5.78. The molecule has 1 heterocycles.